The van der Waals surface area contributed by atoms with Gasteiger partial charge in [-0.1, -0.05) is 48.7 Å². The maximum Gasteiger partial charge on any atom is 0.238 e. The van der Waals surface area contributed by atoms with Crippen molar-refractivity contribution in [1.82, 2.24) is 4.90 Å². The molecule has 0 radical (unpaired) electrons. The van der Waals surface area contributed by atoms with Gasteiger partial charge in [0.25, 0.3) is 0 Å². The van der Waals surface area contributed by atoms with Crippen molar-refractivity contribution in [2.75, 3.05) is 25.5 Å². The van der Waals surface area contributed by atoms with Crippen LogP contribution in [-0.4, -0.2) is 41.7 Å². The van der Waals surface area contributed by atoms with Gasteiger partial charge < -0.3 is 15.2 Å². The first kappa shape index (κ1) is 21.8. The number of aliphatic hydroxyl groups is 1. The van der Waals surface area contributed by atoms with Gasteiger partial charge in [0.15, 0.2) is 0 Å². The summed E-state index contributed by atoms with van der Waals surface area (Å²) in [7, 11) is 1.69. The molecule has 3 atom stereocenters. The zero-order chi connectivity index (χ0) is 22.0. The van der Waals surface area contributed by atoms with Crippen molar-refractivity contribution in [3.63, 3.8) is 0 Å². The summed E-state index contributed by atoms with van der Waals surface area (Å²) in [5.41, 5.74) is 3.50. The van der Waals surface area contributed by atoms with E-state index >= 15 is 0 Å². The second-order valence-corrected chi connectivity index (χ2v) is 9.23. The zero-order valence-electron chi connectivity index (χ0n) is 18.9. The van der Waals surface area contributed by atoms with E-state index in [4.69, 9.17) is 4.74 Å². The van der Waals surface area contributed by atoms with Gasteiger partial charge in [0.05, 0.1) is 19.3 Å². The Balaban J connectivity index is 1.61. The average molecular weight is 423 g/mol. The number of carbonyl (C=O) groups excluding carboxylic acids is 1. The van der Waals surface area contributed by atoms with Gasteiger partial charge in [-0.2, -0.15) is 0 Å². The highest BCUT2D eigenvalue weighted by molar-refractivity contribution is 5.93. The number of likely N-dealkylation sites (tertiary alicyclic amines) is 1. The van der Waals surface area contributed by atoms with E-state index in [2.05, 4.69) is 29.3 Å². The van der Waals surface area contributed by atoms with Crippen LogP contribution >= 0.6 is 0 Å². The normalized spacial score (nSPS) is 26.2. The number of ether oxygens (including phenoxy) is 1. The number of hydrogen-bond acceptors (Lipinski definition) is 4. The van der Waals surface area contributed by atoms with Crippen molar-refractivity contribution in [3.05, 3.63) is 59.2 Å². The number of fused-ring (bicyclic) bond motifs is 1. The number of methoxy groups -OCH3 is 1. The van der Waals surface area contributed by atoms with Gasteiger partial charge >= 0.3 is 0 Å². The fourth-order valence-corrected chi connectivity index (χ4v) is 5.57. The fourth-order valence-electron chi connectivity index (χ4n) is 5.57. The van der Waals surface area contributed by atoms with Gasteiger partial charge in [-0.3, -0.25) is 9.69 Å². The standard InChI is InChI=1S/C26H34N2O3/c1-18-11-12-22(19(2)16-18)27-24(29)17-28-15-14-26(30)13-7-6-9-21(26)25(28)20-8-4-5-10-23(20)31-3/h4-5,8,10-12,16,21,25,30H,6-7,9,13-15,17H2,1-3H3,(H,27,29)/t21-,25-,26+/m1/s1. The van der Waals surface area contributed by atoms with Crippen LogP contribution in [0.3, 0.4) is 0 Å². The molecule has 166 valence electrons. The number of rotatable bonds is 5. The Morgan fingerprint density at radius 3 is 2.77 bits per heavy atom. The van der Waals surface area contributed by atoms with Crippen LogP contribution in [0.4, 0.5) is 5.69 Å². The zero-order valence-corrected chi connectivity index (χ0v) is 18.9. The SMILES string of the molecule is COc1ccccc1[C@@H]1[C@H]2CCCC[C@]2(O)CCN1CC(=O)Nc1ccc(C)cc1C. The predicted molar refractivity (Wildman–Crippen MR) is 123 cm³/mol. The van der Waals surface area contributed by atoms with E-state index < -0.39 is 5.60 Å². The smallest absolute Gasteiger partial charge is 0.238 e. The molecule has 0 bridgehead atoms. The molecule has 4 rings (SSSR count). The number of carbonyl (C=O) groups is 1. The molecule has 1 heterocycles. The van der Waals surface area contributed by atoms with Crippen molar-refractivity contribution in [1.29, 1.82) is 0 Å². The lowest BCUT2D eigenvalue weighted by Crippen LogP contribution is -2.56. The van der Waals surface area contributed by atoms with Crippen LogP contribution in [0.2, 0.25) is 0 Å². The first-order valence-electron chi connectivity index (χ1n) is 11.4. The van der Waals surface area contributed by atoms with E-state index in [0.717, 1.165) is 48.2 Å². The number of aryl methyl sites for hydroxylation is 2. The molecule has 2 aromatic carbocycles. The van der Waals surface area contributed by atoms with E-state index in [1.165, 1.54) is 5.56 Å². The Labute approximate surface area is 185 Å². The Bertz CT molecular complexity index is 944. The van der Waals surface area contributed by atoms with E-state index in [1.807, 2.05) is 37.3 Å². The Morgan fingerprint density at radius 1 is 1.19 bits per heavy atom. The Morgan fingerprint density at radius 2 is 2.00 bits per heavy atom. The first-order valence-corrected chi connectivity index (χ1v) is 11.4. The molecule has 0 aromatic heterocycles. The van der Waals surface area contributed by atoms with Crippen LogP contribution in [0, 0.1) is 19.8 Å². The molecule has 5 nitrogen and oxygen atoms in total. The summed E-state index contributed by atoms with van der Waals surface area (Å²) in [6, 6.07) is 14.1. The molecule has 0 unspecified atom stereocenters. The highest BCUT2D eigenvalue weighted by Crippen LogP contribution is 2.50. The number of para-hydroxylation sites is 1. The number of anilines is 1. The quantitative estimate of drug-likeness (QED) is 0.738. The largest absolute Gasteiger partial charge is 0.496 e. The van der Waals surface area contributed by atoms with Crippen LogP contribution in [0.25, 0.3) is 0 Å². The Kier molecular flexibility index (Phi) is 6.35. The highest BCUT2D eigenvalue weighted by Gasteiger charge is 2.49. The van der Waals surface area contributed by atoms with Crippen molar-refractivity contribution < 1.29 is 14.6 Å². The van der Waals surface area contributed by atoms with Gasteiger partial charge in [0, 0.05) is 29.8 Å². The van der Waals surface area contributed by atoms with E-state index in [9.17, 15) is 9.90 Å². The number of hydrogen-bond donors (Lipinski definition) is 2. The minimum absolute atomic E-state index is 0.0203. The monoisotopic (exact) mass is 422 g/mol. The number of nitrogens with one attached hydrogen (secondary N) is 1. The van der Waals surface area contributed by atoms with Gasteiger partial charge in [-0.25, -0.2) is 0 Å². The summed E-state index contributed by atoms with van der Waals surface area (Å²) in [5.74, 6) is 0.899. The summed E-state index contributed by atoms with van der Waals surface area (Å²) < 4.78 is 5.68. The molecule has 0 spiro atoms. The number of benzene rings is 2. The van der Waals surface area contributed by atoms with Crippen LogP contribution < -0.4 is 10.1 Å². The van der Waals surface area contributed by atoms with Crippen LogP contribution in [0.15, 0.2) is 42.5 Å². The topological polar surface area (TPSA) is 61.8 Å². The highest BCUT2D eigenvalue weighted by atomic mass is 16.5. The van der Waals surface area contributed by atoms with Crippen LogP contribution in [0.1, 0.15) is 54.8 Å². The molecular formula is C26H34N2O3. The summed E-state index contributed by atoms with van der Waals surface area (Å²) in [4.78, 5) is 15.3. The van der Waals surface area contributed by atoms with E-state index in [-0.39, 0.29) is 17.9 Å². The lowest BCUT2D eigenvalue weighted by Gasteiger charge is -2.52. The maximum atomic E-state index is 13.0. The van der Waals surface area contributed by atoms with E-state index in [1.54, 1.807) is 7.11 Å². The van der Waals surface area contributed by atoms with Crippen molar-refractivity contribution in [2.24, 2.45) is 5.92 Å². The lowest BCUT2D eigenvalue weighted by molar-refractivity contribution is -0.135. The van der Waals surface area contributed by atoms with Gasteiger partial charge in [-0.15, -0.1) is 0 Å². The average Bonchev–Trinajstić information content (AvgIpc) is 2.75. The third-order valence-corrected chi connectivity index (χ3v) is 7.13. The van der Waals surface area contributed by atoms with Crippen molar-refractivity contribution >= 4 is 11.6 Å². The maximum absolute atomic E-state index is 13.0. The molecule has 2 N–H and O–H groups in total. The lowest BCUT2D eigenvalue weighted by atomic mass is 9.66. The van der Waals surface area contributed by atoms with Gasteiger partial charge in [0.2, 0.25) is 5.91 Å². The summed E-state index contributed by atoms with van der Waals surface area (Å²) in [6.45, 7) is 5.05. The molecular weight excluding hydrogens is 388 g/mol. The molecule has 2 fully saturated rings. The third kappa shape index (κ3) is 4.48. The minimum atomic E-state index is -0.662. The van der Waals surface area contributed by atoms with Crippen LogP contribution in [-0.2, 0) is 4.79 Å². The number of nitrogens with zero attached hydrogens (tertiary/aromatic N) is 1. The van der Waals surface area contributed by atoms with Gasteiger partial charge in [0.1, 0.15) is 5.75 Å². The van der Waals surface area contributed by atoms with Crippen LogP contribution in [0.5, 0.6) is 5.75 Å². The summed E-state index contributed by atoms with van der Waals surface area (Å²) in [6.07, 6.45) is 4.69. The summed E-state index contributed by atoms with van der Waals surface area (Å²) in [5, 5.41) is 14.6. The number of piperidine rings is 1. The molecule has 2 aliphatic rings. The molecule has 1 saturated carbocycles. The van der Waals surface area contributed by atoms with Crippen molar-refractivity contribution in [2.45, 2.75) is 57.6 Å². The number of amides is 1. The molecule has 2 aromatic rings. The molecule has 1 saturated heterocycles. The molecule has 31 heavy (non-hydrogen) atoms. The molecule has 1 amide bonds. The second kappa shape index (κ2) is 9.01. The third-order valence-electron chi connectivity index (χ3n) is 7.13. The van der Waals surface area contributed by atoms with Crippen molar-refractivity contribution in [3.8, 4) is 5.75 Å². The molecule has 5 heteroatoms. The predicted octanol–water partition coefficient (Wildman–Crippen LogP) is 4.62. The fraction of sp³-hybridized carbons (Fsp3) is 0.500. The summed E-state index contributed by atoms with van der Waals surface area (Å²) >= 11 is 0. The van der Waals surface area contributed by atoms with E-state index in [0.29, 0.717) is 19.5 Å². The Hall–Kier alpha value is -2.37. The molecule has 1 aliphatic carbocycles. The molecule has 1 aliphatic heterocycles. The second-order valence-electron chi connectivity index (χ2n) is 9.23. The van der Waals surface area contributed by atoms with Gasteiger partial charge in [-0.05, 0) is 50.8 Å². The first-order chi connectivity index (χ1) is 14.9. The minimum Gasteiger partial charge on any atom is -0.496 e.